The third-order valence-electron chi connectivity index (χ3n) is 5.99. The molecule has 0 heterocycles. The molecule has 1 N–H and O–H groups in total. The van der Waals surface area contributed by atoms with Gasteiger partial charge < -0.3 is 10.2 Å². The van der Waals surface area contributed by atoms with Crippen LogP contribution in [-0.4, -0.2) is 44.3 Å². The minimum atomic E-state index is -4.19. The van der Waals surface area contributed by atoms with Gasteiger partial charge in [-0.15, -0.1) is 0 Å². The van der Waals surface area contributed by atoms with Gasteiger partial charge in [0.15, 0.2) is 0 Å². The molecule has 0 bridgehead atoms. The van der Waals surface area contributed by atoms with Crippen LogP contribution in [0.5, 0.6) is 0 Å². The molecule has 1 atom stereocenters. The number of amides is 2. The Bertz CT molecular complexity index is 1360. The van der Waals surface area contributed by atoms with Crippen LogP contribution >= 0.6 is 23.2 Å². The first-order chi connectivity index (χ1) is 18.1. The monoisotopic (exact) mass is 575 g/mol. The first kappa shape index (κ1) is 29.5. The Morgan fingerprint density at radius 3 is 2.16 bits per heavy atom. The lowest BCUT2D eigenvalue weighted by molar-refractivity contribution is -0.140. The number of sulfonamides is 1. The van der Waals surface area contributed by atoms with Crippen molar-refractivity contribution in [2.24, 2.45) is 0 Å². The maximum atomic E-state index is 13.9. The van der Waals surface area contributed by atoms with Crippen LogP contribution in [0.4, 0.5) is 5.69 Å². The zero-order valence-electron chi connectivity index (χ0n) is 21.5. The summed E-state index contributed by atoms with van der Waals surface area (Å²) in [5, 5.41) is 3.48. The number of nitrogens with one attached hydrogen (secondary N) is 1. The molecule has 0 aliphatic carbocycles. The van der Waals surface area contributed by atoms with Crippen LogP contribution in [0.2, 0.25) is 10.0 Å². The Balaban J connectivity index is 2.05. The molecule has 0 aliphatic heterocycles. The first-order valence-corrected chi connectivity index (χ1v) is 14.4. The van der Waals surface area contributed by atoms with Crippen molar-refractivity contribution in [3.05, 3.63) is 94.0 Å². The number of carbonyl (C=O) groups is 2. The van der Waals surface area contributed by atoms with Crippen LogP contribution in [-0.2, 0) is 26.2 Å². The molecule has 0 saturated heterocycles. The molecule has 7 nitrogen and oxygen atoms in total. The van der Waals surface area contributed by atoms with Crippen molar-refractivity contribution >= 4 is 50.7 Å². The maximum Gasteiger partial charge on any atom is 0.264 e. The van der Waals surface area contributed by atoms with Gasteiger partial charge in [-0.3, -0.25) is 13.9 Å². The molecular weight excluding hydrogens is 545 g/mol. The highest BCUT2D eigenvalue weighted by atomic mass is 35.5. The molecule has 10 heteroatoms. The number of carbonyl (C=O) groups excluding carboxylic acids is 2. The molecule has 3 aromatic carbocycles. The summed E-state index contributed by atoms with van der Waals surface area (Å²) in [6, 6.07) is 18.8. The Morgan fingerprint density at radius 2 is 1.58 bits per heavy atom. The van der Waals surface area contributed by atoms with Crippen molar-refractivity contribution in [2.75, 3.05) is 17.4 Å². The second kappa shape index (κ2) is 13.1. The Hall–Kier alpha value is -3.07. The number of hydrogen-bond donors (Lipinski definition) is 1. The van der Waals surface area contributed by atoms with Gasteiger partial charge in [0.25, 0.3) is 10.0 Å². The molecule has 0 spiro atoms. The molecule has 0 aromatic heterocycles. The molecule has 3 aromatic rings. The van der Waals surface area contributed by atoms with Gasteiger partial charge in [-0.25, -0.2) is 8.42 Å². The fraction of sp³-hybridized carbons (Fsp3) is 0.286. The second-order valence-corrected chi connectivity index (χ2v) is 11.5. The van der Waals surface area contributed by atoms with E-state index in [1.165, 1.54) is 35.2 Å². The molecule has 0 aliphatic rings. The van der Waals surface area contributed by atoms with Crippen LogP contribution in [0.3, 0.4) is 0 Å². The maximum absolute atomic E-state index is 13.9. The molecule has 38 heavy (non-hydrogen) atoms. The van der Waals surface area contributed by atoms with Crippen molar-refractivity contribution in [3.63, 3.8) is 0 Å². The van der Waals surface area contributed by atoms with Gasteiger partial charge in [0.1, 0.15) is 12.6 Å². The third kappa shape index (κ3) is 7.28. The van der Waals surface area contributed by atoms with Crippen LogP contribution in [0.25, 0.3) is 0 Å². The van der Waals surface area contributed by atoms with E-state index >= 15 is 0 Å². The second-order valence-electron chi connectivity index (χ2n) is 8.77. The topological polar surface area (TPSA) is 86.8 Å². The highest BCUT2D eigenvalue weighted by molar-refractivity contribution is 7.92. The van der Waals surface area contributed by atoms with Crippen LogP contribution in [0.15, 0.2) is 77.7 Å². The minimum Gasteiger partial charge on any atom is -0.355 e. The molecule has 3 rings (SSSR count). The van der Waals surface area contributed by atoms with Crippen molar-refractivity contribution in [3.8, 4) is 0 Å². The van der Waals surface area contributed by atoms with E-state index in [4.69, 9.17) is 23.2 Å². The fourth-order valence-corrected chi connectivity index (χ4v) is 5.71. The number of benzene rings is 3. The summed E-state index contributed by atoms with van der Waals surface area (Å²) in [6.45, 7) is 5.58. The number of anilines is 1. The summed E-state index contributed by atoms with van der Waals surface area (Å²) in [5.41, 5.74) is 2.10. The Morgan fingerprint density at radius 1 is 0.921 bits per heavy atom. The van der Waals surface area contributed by atoms with Gasteiger partial charge >= 0.3 is 0 Å². The smallest absolute Gasteiger partial charge is 0.264 e. The van der Waals surface area contributed by atoms with Crippen molar-refractivity contribution in [1.29, 1.82) is 0 Å². The molecule has 0 radical (unpaired) electrons. The van der Waals surface area contributed by atoms with Crippen LogP contribution in [0, 0.1) is 6.92 Å². The lowest BCUT2D eigenvalue weighted by Gasteiger charge is -2.33. The number of nitrogens with zero attached hydrogens (tertiary/aromatic N) is 2. The van der Waals surface area contributed by atoms with E-state index in [0.717, 1.165) is 15.4 Å². The van der Waals surface area contributed by atoms with E-state index in [1.807, 2.05) is 38.1 Å². The van der Waals surface area contributed by atoms with Crippen molar-refractivity contribution in [2.45, 2.75) is 44.7 Å². The Labute approximate surface area is 234 Å². The third-order valence-corrected chi connectivity index (χ3v) is 8.26. The van der Waals surface area contributed by atoms with Gasteiger partial charge in [0, 0.05) is 23.1 Å². The summed E-state index contributed by atoms with van der Waals surface area (Å²) >= 11 is 12.2. The number of aryl methyl sites for hydroxylation is 1. The van der Waals surface area contributed by atoms with E-state index in [2.05, 4.69) is 5.32 Å². The highest BCUT2D eigenvalue weighted by Gasteiger charge is 2.33. The molecule has 0 fully saturated rings. The molecular formula is C28H31Cl2N3O4S. The number of hydrogen-bond acceptors (Lipinski definition) is 4. The summed E-state index contributed by atoms with van der Waals surface area (Å²) in [4.78, 5) is 28.3. The minimum absolute atomic E-state index is 0.0319. The normalized spacial score (nSPS) is 12.0. The van der Waals surface area contributed by atoms with Gasteiger partial charge in [-0.1, -0.05) is 66.0 Å². The van der Waals surface area contributed by atoms with Gasteiger partial charge in [0.2, 0.25) is 11.8 Å². The average Bonchev–Trinajstić information content (AvgIpc) is 2.88. The first-order valence-electron chi connectivity index (χ1n) is 12.2. The fourth-order valence-electron chi connectivity index (χ4n) is 4.00. The molecule has 0 unspecified atom stereocenters. The molecule has 2 amide bonds. The summed E-state index contributed by atoms with van der Waals surface area (Å²) < 4.78 is 28.6. The van der Waals surface area contributed by atoms with Crippen LogP contribution < -0.4 is 9.62 Å². The highest BCUT2D eigenvalue weighted by Crippen LogP contribution is 2.27. The standard InChI is InChI=1S/C28H31Cl2N3O4S/c1-4-26(28(35)31-5-2)32(18-21-11-9-20(3)10-12-21)27(34)19-33(24-8-6-7-23(30)17-24)38(36,37)25-15-13-22(29)14-16-25/h6-17,26H,4-5,18-19H2,1-3H3,(H,31,35)/t26-/m1/s1. The van der Waals surface area contributed by atoms with E-state index in [-0.39, 0.29) is 23.0 Å². The van der Waals surface area contributed by atoms with Gasteiger partial charge in [-0.05, 0) is 68.3 Å². The van der Waals surface area contributed by atoms with E-state index in [9.17, 15) is 18.0 Å². The van der Waals surface area contributed by atoms with Gasteiger partial charge in [-0.2, -0.15) is 0 Å². The van der Waals surface area contributed by atoms with Crippen LogP contribution in [0.1, 0.15) is 31.4 Å². The largest absolute Gasteiger partial charge is 0.355 e. The number of rotatable bonds is 11. The zero-order chi connectivity index (χ0) is 27.9. The quantitative estimate of drug-likeness (QED) is 0.330. The molecule has 202 valence electrons. The Kier molecular flexibility index (Phi) is 10.2. The van der Waals surface area contributed by atoms with E-state index in [0.29, 0.717) is 23.0 Å². The number of halogens is 2. The summed E-state index contributed by atoms with van der Waals surface area (Å²) in [5.74, 6) is -0.827. The van der Waals surface area contributed by atoms with Gasteiger partial charge in [0.05, 0.1) is 10.6 Å². The summed E-state index contributed by atoms with van der Waals surface area (Å²) in [7, 11) is -4.19. The molecule has 0 saturated carbocycles. The lowest BCUT2D eigenvalue weighted by atomic mass is 10.1. The average molecular weight is 577 g/mol. The predicted octanol–water partition coefficient (Wildman–Crippen LogP) is 5.44. The predicted molar refractivity (Wildman–Crippen MR) is 152 cm³/mol. The van der Waals surface area contributed by atoms with Crippen molar-refractivity contribution in [1.82, 2.24) is 10.2 Å². The lowest BCUT2D eigenvalue weighted by Crippen LogP contribution is -2.52. The SMILES string of the molecule is CCNC(=O)[C@@H](CC)N(Cc1ccc(C)cc1)C(=O)CN(c1cccc(Cl)c1)S(=O)(=O)c1ccc(Cl)cc1. The summed E-state index contributed by atoms with van der Waals surface area (Å²) in [6.07, 6.45) is 0.352. The zero-order valence-corrected chi connectivity index (χ0v) is 23.9. The van der Waals surface area contributed by atoms with E-state index in [1.54, 1.807) is 25.1 Å². The van der Waals surface area contributed by atoms with Crippen molar-refractivity contribution < 1.29 is 18.0 Å². The van der Waals surface area contributed by atoms with E-state index < -0.39 is 28.5 Å². The number of likely N-dealkylation sites (N-methyl/N-ethyl adjacent to an activating group) is 1.